The number of nitrogens with one attached hydrogen (secondary N) is 1. The van der Waals surface area contributed by atoms with E-state index >= 15 is 0 Å². The van der Waals surface area contributed by atoms with Crippen LogP contribution in [-0.2, 0) is 9.59 Å². The van der Waals surface area contributed by atoms with Gasteiger partial charge in [-0.1, -0.05) is 0 Å². The van der Waals surface area contributed by atoms with Crippen molar-refractivity contribution in [2.75, 3.05) is 6.54 Å². The van der Waals surface area contributed by atoms with E-state index in [1.807, 2.05) is 6.92 Å². The zero-order chi connectivity index (χ0) is 10.3. The summed E-state index contributed by atoms with van der Waals surface area (Å²) in [5.41, 5.74) is 4.93. The van der Waals surface area contributed by atoms with Crippen LogP contribution in [0.25, 0.3) is 0 Å². The molecule has 0 spiro atoms. The first-order valence-electron chi connectivity index (χ1n) is 4.26. The maximum atomic E-state index is 10.3. The van der Waals surface area contributed by atoms with E-state index in [9.17, 15) is 9.59 Å². The number of carboxylic acid groups (broad SMARTS) is 1. The summed E-state index contributed by atoms with van der Waals surface area (Å²) in [7, 11) is 0. The molecule has 0 heterocycles. The van der Waals surface area contributed by atoms with Crippen LogP contribution in [-0.4, -0.2) is 29.6 Å². The van der Waals surface area contributed by atoms with Crippen LogP contribution in [0.15, 0.2) is 0 Å². The minimum atomic E-state index is -0.802. The van der Waals surface area contributed by atoms with Gasteiger partial charge in [0.2, 0.25) is 5.91 Å². The fourth-order valence-electron chi connectivity index (χ4n) is 0.884. The number of rotatable bonds is 7. The fraction of sp³-hybridized carbons (Fsp3) is 0.750. The van der Waals surface area contributed by atoms with Crippen LogP contribution in [0, 0.1) is 0 Å². The van der Waals surface area contributed by atoms with E-state index in [0.717, 1.165) is 0 Å². The van der Waals surface area contributed by atoms with Gasteiger partial charge in [0.25, 0.3) is 0 Å². The van der Waals surface area contributed by atoms with Crippen molar-refractivity contribution in [1.82, 2.24) is 5.32 Å². The highest BCUT2D eigenvalue weighted by atomic mass is 16.4. The van der Waals surface area contributed by atoms with Gasteiger partial charge in [-0.2, -0.15) is 0 Å². The predicted octanol–water partition coefficient (Wildman–Crippen LogP) is -0.295. The second-order valence-corrected chi connectivity index (χ2v) is 3.00. The number of nitrogens with two attached hydrogens (primary N) is 1. The van der Waals surface area contributed by atoms with Crippen molar-refractivity contribution >= 4 is 11.9 Å². The Morgan fingerprint density at radius 1 is 1.46 bits per heavy atom. The van der Waals surface area contributed by atoms with Crippen molar-refractivity contribution < 1.29 is 14.7 Å². The second-order valence-electron chi connectivity index (χ2n) is 3.00. The van der Waals surface area contributed by atoms with Crippen LogP contribution in [0.3, 0.4) is 0 Å². The average Bonchev–Trinajstić information content (AvgIpc) is 2.00. The first-order valence-corrected chi connectivity index (χ1v) is 4.26. The molecule has 4 N–H and O–H groups in total. The maximum Gasteiger partial charge on any atom is 0.303 e. The lowest BCUT2D eigenvalue weighted by molar-refractivity contribution is -0.137. The van der Waals surface area contributed by atoms with Gasteiger partial charge in [0.1, 0.15) is 0 Å². The molecule has 1 amide bonds. The second kappa shape index (κ2) is 6.42. The quantitative estimate of drug-likeness (QED) is 0.511. The Labute approximate surface area is 77.3 Å². The minimum Gasteiger partial charge on any atom is -0.481 e. The Balaban J connectivity index is 3.35. The fourth-order valence-corrected chi connectivity index (χ4v) is 0.884. The lowest BCUT2D eigenvalue weighted by Gasteiger charge is -2.11. The van der Waals surface area contributed by atoms with Crippen molar-refractivity contribution in [3.05, 3.63) is 0 Å². The highest BCUT2D eigenvalue weighted by Gasteiger charge is 2.04. The third-order valence-electron chi connectivity index (χ3n) is 1.66. The van der Waals surface area contributed by atoms with Gasteiger partial charge >= 0.3 is 5.97 Å². The summed E-state index contributed by atoms with van der Waals surface area (Å²) in [5.74, 6) is -1.15. The standard InChI is InChI=1S/C8H16N2O3/c1-6(2-3-8(12)13)10-5-4-7(9)11/h6,10H,2-5H2,1H3,(H2,9,11)(H,12,13). The molecule has 5 heteroatoms. The van der Waals surface area contributed by atoms with E-state index in [0.29, 0.717) is 13.0 Å². The van der Waals surface area contributed by atoms with Crippen LogP contribution in [0.4, 0.5) is 0 Å². The number of carbonyl (C=O) groups is 2. The smallest absolute Gasteiger partial charge is 0.303 e. The van der Waals surface area contributed by atoms with Gasteiger partial charge in [-0.05, 0) is 13.3 Å². The molecule has 0 aromatic carbocycles. The molecule has 0 aromatic heterocycles. The van der Waals surface area contributed by atoms with Crippen molar-refractivity contribution in [1.29, 1.82) is 0 Å². The molecule has 0 aliphatic carbocycles. The van der Waals surface area contributed by atoms with Crippen LogP contribution in [0.2, 0.25) is 0 Å². The molecule has 0 fully saturated rings. The predicted molar refractivity (Wildman–Crippen MR) is 48.1 cm³/mol. The Kier molecular flexibility index (Phi) is 5.88. The van der Waals surface area contributed by atoms with Crippen molar-refractivity contribution in [2.45, 2.75) is 32.2 Å². The summed E-state index contributed by atoms with van der Waals surface area (Å²) < 4.78 is 0. The number of hydrogen-bond donors (Lipinski definition) is 3. The van der Waals surface area contributed by atoms with E-state index in [2.05, 4.69) is 5.32 Å². The Morgan fingerprint density at radius 3 is 2.54 bits per heavy atom. The van der Waals surface area contributed by atoms with E-state index < -0.39 is 5.97 Å². The molecule has 0 rings (SSSR count). The summed E-state index contributed by atoms with van der Waals surface area (Å²) in [6.45, 7) is 2.39. The number of hydrogen-bond acceptors (Lipinski definition) is 3. The molecule has 0 aliphatic rings. The molecule has 5 nitrogen and oxygen atoms in total. The molecule has 1 atom stereocenters. The van der Waals surface area contributed by atoms with Gasteiger partial charge in [0.05, 0.1) is 0 Å². The topological polar surface area (TPSA) is 92.4 Å². The Hall–Kier alpha value is -1.10. The highest BCUT2D eigenvalue weighted by molar-refractivity contribution is 5.73. The Morgan fingerprint density at radius 2 is 2.08 bits per heavy atom. The molecule has 76 valence electrons. The van der Waals surface area contributed by atoms with E-state index in [1.54, 1.807) is 0 Å². The zero-order valence-corrected chi connectivity index (χ0v) is 7.75. The molecule has 0 aromatic rings. The monoisotopic (exact) mass is 188 g/mol. The molecular formula is C8H16N2O3. The number of carbonyl (C=O) groups excluding carboxylic acids is 1. The first-order chi connectivity index (χ1) is 6.02. The summed E-state index contributed by atoms with van der Waals surface area (Å²) in [6.07, 6.45) is 0.996. The van der Waals surface area contributed by atoms with Gasteiger partial charge in [0, 0.05) is 25.4 Å². The molecule has 13 heavy (non-hydrogen) atoms. The van der Waals surface area contributed by atoms with Crippen molar-refractivity contribution in [3.63, 3.8) is 0 Å². The summed E-state index contributed by atoms with van der Waals surface area (Å²) in [6, 6.07) is 0.107. The molecule has 1 unspecified atom stereocenters. The van der Waals surface area contributed by atoms with E-state index in [1.165, 1.54) is 0 Å². The van der Waals surface area contributed by atoms with Gasteiger partial charge in [0.15, 0.2) is 0 Å². The number of primary amides is 1. The van der Waals surface area contributed by atoms with Crippen LogP contribution >= 0.6 is 0 Å². The largest absolute Gasteiger partial charge is 0.481 e. The summed E-state index contributed by atoms with van der Waals surface area (Å²) in [4.78, 5) is 20.5. The lowest BCUT2D eigenvalue weighted by Crippen LogP contribution is -2.30. The minimum absolute atomic E-state index is 0.107. The number of aliphatic carboxylic acids is 1. The molecule has 0 saturated carbocycles. The zero-order valence-electron chi connectivity index (χ0n) is 7.75. The van der Waals surface area contributed by atoms with Crippen molar-refractivity contribution in [3.8, 4) is 0 Å². The SMILES string of the molecule is CC(CCC(=O)O)NCCC(N)=O. The van der Waals surface area contributed by atoms with Crippen LogP contribution in [0.1, 0.15) is 26.2 Å². The molecule has 0 bridgehead atoms. The maximum absolute atomic E-state index is 10.3. The lowest BCUT2D eigenvalue weighted by atomic mass is 10.2. The van der Waals surface area contributed by atoms with Crippen molar-refractivity contribution in [2.24, 2.45) is 5.73 Å². The molecule has 0 aliphatic heterocycles. The highest BCUT2D eigenvalue weighted by Crippen LogP contribution is 1.95. The number of amides is 1. The van der Waals surface area contributed by atoms with Gasteiger partial charge in [-0.15, -0.1) is 0 Å². The van der Waals surface area contributed by atoms with E-state index in [-0.39, 0.29) is 24.8 Å². The summed E-state index contributed by atoms with van der Waals surface area (Å²) in [5, 5.41) is 11.4. The third-order valence-corrected chi connectivity index (χ3v) is 1.66. The first kappa shape index (κ1) is 11.9. The third kappa shape index (κ3) is 8.81. The number of carboxylic acids is 1. The normalized spacial score (nSPS) is 12.4. The Bertz CT molecular complexity index is 182. The molecule has 0 radical (unpaired) electrons. The van der Waals surface area contributed by atoms with Gasteiger partial charge in [-0.25, -0.2) is 0 Å². The molecule has 0 saturated heterocycles. The van der Waals surface area contributed by atoms with Crippen LogP contribution in [0.5, 0.6) is 0 Å². The van der Waals surface area contributed by atoms with Gasteiger partial charge in [-0.3, -0.25) is 9.59 Å². The summed E-state index contributed by atoms with van der Waals surface area (Å²) >= 11 is 0. The van der Waals surface area contributed by atoms with E-state index in [4.69, 9.17) is 10.8 Å². The average molecular weight is 188 g/mol. The van der Waals surface area contributed by atoms with Gasteiger partial charge < -0.3 is 16.2 Å². The molecular weight excluding hydrogens is 172 g/mol. The van der Waals surface area contributed by atoms with Crippen LogP contribution < -0.4 is 11.1 Å².